The zero-order valence-corrected chi connectivity index (χ0v) is 22.4. The monoisotopic (exact) mass is 577 g/mol. The van der Waals surface area contributed by atoms with Crippen LogP contribution in [-0.4, -0.2) is 50.5 Å². The lowest BCUT2D eigenvalue weighted by Gasteiger charge is -2.32. The van der Waals surface area contributed by atoms with E-state index in [-0.39, 0.29) is 12.5 Å². The topological polar surface area (TPSA) is 86.8 Å². The number of hydrogen-bond donors (Lipinski definition) is 1. The molecule has 0 fully saturated rings. The van der Waals surface area contributed by atoms with Crippen LogP contribution in [-0.2, 0) is 26.2 Å². The van der Waals surface area contributed by atoms with E-state index in [0.29, 0.717) is 32.3 Å². The average molecular weight is 579 g/mol. The molecule has 0 bridgehead atoms. The summed E-state index contributed by atoms with van der Waals surface area (Å²) in [7, 11) is -3.80. The van der Waals surface area contributed by atoms with Gasteiger partial charge in [-0.2, -0.15) is 0 Å². The van der Waals surface area contributed by atoms with Crippen molar-refractivity contribution < 1.29 is 18.0 Å². The fourth-order valence-corrected chi connectivity index (χ4v) is 5.01. The first-order valence-corrected chi connectivity index (χ1v) is 13.6. The van der Waals surface area contributed by atoms with Gasteiger partial charge in [0.05, 0.1) is 11.9 Å². The highest BCUT2D eigenvalue weighted by Crippen LogP contribution is 2.28. The molecule has 0 aliphatic carbocycles. The molecule has 1 atom stereocenters. The van der Waals surface area contributed by atoms with Crippen LogP contribution < -0.4 is 9.62 Å². The zero-order chi connectivity index (χ0) is 24.8. The minimum absolute atomic E-state index is 0.00308. The molecule has 33 heavy (non-hydrogen) atoms. The molecule has 2 aromatic carbocycles. The molecule has 2 amide bonds. The van der Waals surface area contributed by atoms with E-state index in [0.717, 1.165) is 17.0 Å². The summed E-state index contributed by atoms with van der Waals surface area (Å²) in [6, 6.07) is 10.7. The van der Waals surface area contributed by atoms with Crippen molar-refractivity contribution in [3.8, 4) is 0 Å². The Hall–Kier alpha value is -1.81. The standard InChI is InChI=1S/C22H26BrCl2N3O4S/c1-4-11-26-22(30)15(2)27(13-16-9-10-17(24)12-19(16)25)21(29)14-28(33(3,31)32)20-8-6-5-7-18(20)23/h5-10,12,15H,4,11,13-14H2,1-3H3,(H,26,30)/t15-/m1/s1. The largest absolute Gasteiger partial charge is 0.354 e. The van der Waals surface area contributed by atoms with Gasteiger partial charge in [-0.15, -0.1) is 0 Å². The van der Waals surface area contributed by atoms with Gasteiger partial charge in [-0.1, -0.05) is 48.3 Å². The fourth-order valence-electron chi connectivity index (χ4n) is 3.06. The summed E-state index contributed by atoms with van der Waals surface area (Å²) in [5, 5.41) is 3.55. The Morgan fingerprint density at radius 2 is 1.82 bits per heavy atom. The van der Waals surface area contributed by atoms with Crippen molar-refractivity contribution in [3.05, 3.63) is 62.5 Å². The van der Waals surface area contributed by atoms with Crippen molar-refractivity contribution in [2.45, 2.75) is 32.9 Å². The third kappa shape index (κ3) is 7.60. The lowest BCUT2D eigenvalue weighted by atomic mass is 10.1. The number of sulfonamides is 1. The summed E-state index contributed by atoms with van der Waals surface area (Å²) in [6.07, 6.45) is 1.76. The molecule has 2 rings (SSSR count). The molecule has 11 heteroatoms. The van der Waals surface area contributed by atoms with Crippen LogP contribution in [0.1, 0.15) is 25.8 Å². The van der Waals surface area contributed by atoms with Crippen molar-refractivity contribution in [3.63, 3.8) is 0 Å². The van der Waals surface area contributed by atoms with Gasteiger partial charge in [0.1, 0.15) is 12.6 Å². The Bertz CT molecular complexity index is 1110. The lowest BCUT2D eigenvalue weighted by molar-refractivity contribution is -0.139. The maximum Gasteiger partial charge on any atom is 0.244 e. The molecule has 0 aromatic heterocycles. The van der Waals surface area contributed by atoms with Crippen molar-refractivity contribution in [1.82, 2.24) is 10.2 Å². The first-order valence-electron chi connectivity index (χ1n) is 10.2. The van der Waals surface area contributed by atoms with E-state index in [1.165, 1.54) is 4.90 Å². The molecule has 2 aromatic rings. The summed E-state index contributed by atoms with van der Waals surface area (Å²) < 4.78 is 26.6. The van der Waals surface area contributed by atoms with Crippen molar-refractivity contribution in [2.24, 2.45) is 0 Å². The number of halogens is 3. The quantitative estimate of drug-likeness (QED) is 0.451. The second-order valence-electron chi connectivity index (χ2n) is 7.45. The maximum atomic E-state index is 13.4. The van der Waals surface area contributed by atoms with Crippen LogP contribution in [0.4, 0.5) is 5.69 Å². The SMILES string of the molecule is CCCNC(=O)[C@@H](C)N(Cc1ccc(Cl)cc1Cl)C(=O)CN(c1ccccc1Br)S(C)(=O)=O. The van der Waals surface area contributed by atoms with Gasteiger partial charge in [0.15, 0.2) is 0 Å². The average Bonchev–Trinajstić information content (AvgIpc) is 2.74. The maximum absolute atomic E-state index is 13.4. The van der Waals surface area contributed by atoms with Gasteiger partial charge in [0.25, 0.3) is 0 Å². The number of anilines is 1. The lowest BCUT2D eigenvalue weighted by Crippen LogP contribution is -2.51. The predicted octanol–water partition coefficient (Wildman–Crippen LogP) is 4.47. The van der Waals surface area contributed by atoms with E-state index in [9.17, 15) is 18.0 Å². The van der Waals surface area contributed by atoms with E-state index >= 15 is 0 Å². The first kappa shape index (κ1) is 27.4. The van der Waals surface area contributed by atoms with Crippen molar-refractivity contribution >= 4 is 66.7 Å². The number of carbonyl (C=O) groups excluding carboxylic acids is 2. The number of carbonyl (C=O) groups is 2. The van der Waals surface area contributed by atoms with Gasteiger partial charge in [0, 0.05) is 27.6 Å². The van der Waals surface area contributed by atoms with Gasteiger partial charge in [-0.05, 0) is 59.1 Å². The minimum atomic E-state index is -3.80. The van der Waals surface area contributed by atoms with Crippen molar-refractivity contribution in [2.75, 3.05) is 23.7 Å². The van der Waals surface area contributed by atoms with E-state index in [1.54, 1.807) is 49.4 Å². The van der Waals surface area contributed by atoms with Crippen LogP contribution in [0.5, 0.6) is 0 Å². The van der Waals surface area contributed by atoms with Crippen LogP contribution >= 0.6 is 39.1 Å². The third-order valence-corrected chi connectivity index (χ3v) is 7.26. The number of nitrogens with one attached hydrogen (secondary N) is 1. The number of benzene rings is 2. The molecule has 1 N–H and O–H groups in total. The molecule has 0 aliphatic rings. The van der Waals surface area contributed by atoms with Gasteiger partial charge in [-0.3, -0.25) is 13.9 Å². The minimum Gasteiger partial charge on any atom is -0.354 e. The van der Waals surface area contributed by atoms with Gasteiger partial charge in [0.2, 0.25) is 21.8 Å². The summed E-state index contributed by atoms with van der Waals surface area (Å²) in [5.74, 6) is -0.900. The number of amides is 2. The molecule has 180 valence electrons. The molecular formula is C22H26BrCl2N3O4S. The Morgan fingerprint density at radius 3 is 2.39 bits per heavy atom. The highest BCUT2D eigenvalue weighted by molar-refractivity contribution is 9.10. The highest BCUT2D eigenvalue weighted by atomic mass is 79.9. The molecule has 0 heterocycles. The molecule has 0 radical (unpaired) electrons. The third-order valence-electron chi connectivity index (χ3n) is 4.87. The van der Waals surface area contributed by atoms with E-state index in [2.05, 4.69) is 21.2 Å². The Balaban J connectivity index is 2.42. The van der Waals surface area contributed by atoms with Gasteiger partial charge in [-0.25, -0.2) is 8.42 Å². The van der Waals surface area contributed by atoms with E-state index in [1.807, 2.05) is 6.92 Å². The van der Waals surface area contributed by atoms with Crippen LogP contribution in [0.2, 0.25) is 10.0 Å². The van der Waals surface area contributed by atoms with Gasteiger partial charge < -0.3 is 10.2 Å². The van der Waals surface area contributed by atoms with Crippen LogP contribution in [0.3, 0.4) is 0 Å². The second-order valence-corrected chi connectivity index (χ2v) is 11.1. The van der Waals surface area contributed by atoms with Gasteiger partial charge >= 0.3 is 0 Å². The van der Waals surface area contributed by atoms with Crippen LogP contribution in [0, 0.1) is 0 Å². The zero-order valence-electron chi connectivity index (χ0n) is 18.5. The number of rotatable bonds is 10. The molecule has 0 saturated heterocycles. The predicted molar refractivity (Wildman–Crippen MR) is 136 cm³/mol. The second kappa shape index (κ2) is 12.1. The molecule has 0 saturated carbocycles. The molecule has 0 unspecified atom stereocenters. The fraction of sp³-hybridized carbons (Fsp3) is 0.364. The van der Waals surface area contributed by atoms with Crippen LogP contribution in [0.25, 0.3) is 0 Å². The molecular weight excluding hydrogens is 553 g/mol. The Morgan fingerprint density at radius 1 is 1.15 bits per heavy atom. The highest BCUT2D eigenvalue weighted by Gasteiger charge is 2.30. The smallest absolute Gasteiger partial charge is 0.244 e. The number of hydrogen-bond acceptors (Lipinski definition) is 4. The van der Waals surface area contributed by atoms with E-state index in [4.69, 9.17) is 23.2 Å². The summed E-state index contributed by atoms with van der Waals surface area (Å²) in [4.78, 5) is 27.4. The van der Waals surface area contributed by atoms with Crippen molar-refractivity contribution in [1.29, 1.82) is 0 Å². The number of para-hydroxylation sites is 1. The molecule has 0 aliphatic heterocycles. The summed E-state index contributed by atoms with van der Waals surface area (Å²) in [6.45, 7) is 3.49. The van der Waals surface area contributed by atoms with E-state index < -0.39 is 28.5 Å². The Labute approximate surface area is 213 Å². The van der Waals surface area contributed by atoms with Crippen LogP contribution in [0.15, 0.2) is 46.9 Å². The number of nitrogens with zero attached hydrogens (tertiary/aromatic N) is 2. The Kier molecular flexibility index (Phi) is 10.0. The first-order chi connectivity index (χ1) is 15.5. The molecule has 0 spiro atoms. The summed E-state index contributed by atoms with van der Waals surface area (Å²) in [5.41, 5.74) is 0.900. The normalized spacial score (nSPS) is 12.2. The molecule has 7 nitrogen and oxygen atoms in total. The summed E-state index contributed by atoms with van der Waals surface area (Å²) >= 11 is 15.6.